The minimum absolute atomic E-state index is 0.0676. The Hall–Kier alpha value is -1.47. The van der Waals surface area contributed by atoms with Gasteiger partial charge in [-0.25, -0.2) is 17.1 Å². The number of piperidine rings is 1. The van der Waals surface area contributed by atoms with Crippen molar-refractivity contribution in [3.8, 4) is 0 Å². The lowest BCUT2D eigenvalue weighted by molar-refractivity contribution is -0.126. The molecule has 1 aliphatic rings. The number of amides is 1. The van der Waals surface area contributed by atoms with Crippen LogP contribution < -0.4 is 5.32 Å². The summed E-state index contributed by atoms with van der Waals surface area (Å²) in [5.74, 6) is -0.314. The van der Waals surface area contributed by atoms with E-state index in [1.54, 1.807) is 18.2 Å². The van der Waals surface area contributed by atoms with Gasteiger partial charge in [-0.2, -0.15) is 0 Å². The Labute approximate surface area is 149 Å². The third-order valence-electron chi connectivity index (χ3n) is 4.63. The molecule has 1 aromatic carbocycles. The molecule has 0 saturated carbocycles. The van der Waals surface area contributed by atoms with E-state index >= 15 is 0 Å². The molecule has 0 atom stereocenters. The average Bonchev–Trinajstić information content (AvgIpc) is 2.61. The van der Waals surface area contributed by atoms with Crippen LogP contribution >= 0.6 is 0 Å². The zero-order valence-electron chi connectivity index (χ0n) is 14.7. The van der Waals surface area contributed by atoms with E-state index < -0.39 is 10.0 Å². The fraction of sp³-hybridized carbons (Fsp3) is 0.611. The molecule has 0 unspecified atom stereocenters. The smallest absolute Gasteiger partial charge is 0.223 e. The maximum Gasteiger partial charge on any atom is 0.223 e. The standard InChI is InChI=1S/C18H27FN2O3S/c1-2-3-14-25(23,24)21-12-9-16(10-13-21)18(22)20-11-8-15-6-4-5-7-17(15)19/h4-7,16H,2-3,8-14H2,1H3,(H,20,22). The third-order valence-corrected chi connectivity index (χ3v) is 6.58. The first-order chi connectivity index (χ1) is 11.9. The fourth-order valence-corrected chi connectivity index (χ4v) is 4.70. The number of carbonyl (C=O) groups is 1. The number of sulfonamides is 1. The molecule has 0 bridgehead atoms. The van der Waals surface area contributed by atoms with E-state index in [1.165, 1.54) is 10.4 Å². The van der Waals surface area contributed by atoms with Crippen molar-refractivity contribution in [2.75, 3.05) is 25.4 Å². The Kier molecular flexibility index (Phi) is 7.38. The summed E-state index contributed by atoms with van der Waals surface area (Å²) < 4.78 is 39.4. The molecule has 1 aliphatic heterocycles. The highest BCUT2D eigenvalue weighted by Gasteiger charge is 2.30. The van der Waals surface area contributed by atoms with Gasteiger partial charge in [0.15, 0.2) is 0 Å². The van der Waals surface area contributed by atoms with Crippen molar-refractivity contribution >= 4 is 15.9 Å². The van der Waals surface area contributed by atoms with Crippen LogP contribution in [0.5, 0.6) is 0 Å². The van der Waals surface area contributed by atoms with E-state index in [4.69, 9.17) is 0 Å². The largest absolute Gasteiger partial charge is 0.356 e. The van der Waals surface area contributed by atoms with Crippen LogP contribution in [-0.4, -0.2) is 44.0 Å². The topological polar surface area (TPSA) is 66.5 Å². The Bertz CT molecular complexity index is 671. The number of carbonyl (C=O) groups excluding carboxylic acids is 1. The summed E-state index contributed by atoms with van der Waals surface area (Å²) in [5, 5.41) is 2.84. The highest BCUT2D eigenvalue weighted by atomic mass is 32.2. The molecule has 1 aromatic rings. The number of benzene rings is 1. The van der Waals surface area contributed by atoms with Gasteiger partial charge in [0.2, 0.25) is 15.9 Å². The maximum atomic E-state index is 13.5. The van der Waals surface area contributed by atoms with Crippen LogP contribution in [0.4, 0.5) is 4.39 Å². The molecular formula is C18H27FN2O3S. The number of hydrogen-bond donors (Lipinski definition) is 1. The quantitative estimate of drug-likeness (QED) is 0.764. The molecule has 0 aliphatic carbocycles. The first-order valence-electron chi connectivity index (χ1n) is 8.93. The fourth-order valence-electron chi connectivity index (χ4n) is 3.02. The monoisotopic (exact) mass is 370 g/mol. The van der Waals surface area contributed by atoms with Crippen molar-refractivity contribution in [2.24, 2.45) is 5.92 Å². The summed E-state index contributed by atoms with van der Waals surface area (Å²) in [7, 11) is -3.19. The van der Waals surface area contributed by atoms with Gasteiger partial charge in [-0.3, -0.25) is 4.79 Å². The lowest BCUT2D eigenvalue weighted by atomic mass is 9.97. The number of halogens is 1. The van der Waals surface area contributed by atoms with E-state index in [2.05, 4.69) is 5.32 Å². The zero-order valence-corrected chi connectivity index (χ0v) is 15.5. The van der Waals surface area contributed by atoms with Crippen LogP contribution in [0.2, 0.25) is 0 Å². The average molecular weight is 370 g/mol. The summed E-state index contributed by atoms with van der Waals surface area (Å²) in [6.45, 7) is 3.15. The Morgan fingerprint density at radius 2 is 1.96 bits per heavy atom. The Morgan fingerprint density at radius 1 is 1.28 bits per heavy atom. The summed E-state index contributed by atoms with van der Waals surface area (Å²) >= 11 is 0. The Morgan fingerprint density at radius 3 is 2.60 bits per heavy atom. The molecule has 1 saturated heterocycles. The van der Waals surface area contributed by atoms with Crippen LogP contribution in [0.25, 0.3) is 0 Å². The van der Waals surface area contributed by atoms with Gasteiger partial charge in [0, 0.05) is 25.6 Å². The van der Waals surface area contributed by atoms with E-state index in [0.717, 1.165) is 6.42 Å². The number of nitrogens with one attached hydrogen (secondary N) is 1. The minimum atomic E-state index is -3.19. The van der Waals surface area contributed by atoms with E-state index in [9.17, 15) is 17.6 Å². The SMILES string of the molecule is CCCCS(=O)(=O)N1CCC(C(=O)NCCc2ccccc2F)CC1. The molecule has 1 N–H and O–H groups in total. The molecule has 0 spiro atoms. The normalized spacial score (nSPS) is 16.7. The predicted octanol–water partition coefficient (Wildman–Crippen LogP) is 2.33. The molecule has 1 amide bonds. The minimum Gasteiger partial charge on any atom is -0.356 e. The van der Waals surface area contributed by atoms with Crippen LogP contribution in [0.1, 0.15) is 38.2 Å². The van der Waals surface area contributed by atoms with Crippen LogP contribution in [0.15, 0.2) is 24.3 Å². The molecule has 25 heavy (non-hydrogen) atoms. The number of unbranched alkanes of at least 4 members (excludes halogenated alkanes) is 1. The lowest BCUT2D eigenvalue weighted by Crippen LogP contribution is -2.44. The maximum absolute atomic E-state index is 13.5. The summed E-state index contributed by atoms with van der Waals surface area (Å²) in [4.78, 5) is 12.2. The van der Waals surface area contributed by atoms with Gasteiger partial charge in [0.25, 0.3) is 0 Å². The molecule has 1 fully saturated rings. The molecule has 5 nitrogen and oxygen atoms in total. The second-order valence-corrected chi connectivity index (χ2v) is 8.56. The van der Waals surface area contributed by atoms with Crippen molar-refractivity contribution < 1.29 is 17.6 Å². The molecule has 140 valence electrons. The zero-order chi connectivity index (χ0) is 18.3. The van der Waals surface area contributed by atoms with Crippen molar-refractivity contribution in [3.63, 3.8) is 0 Å². The molecule has 1 heterocycles. The van der Waals surface area contributed by atoms with Gasteiger partial charge in [-0.1, -0.05) is 31.5 Å². The summed E-state index contributed by atoms with van der Waals surface area (Å²) in [6.07, 6.45) is 3.04. The van der Waals surface area contributed by atoms with Gasteiger partial charge in [0.05, 0.1) is 5.75 Å². The van der Waals surface area contributed by atoms with E-state index in [0.29, 0.717) is 50.9 Å². The van der Waals surface area contributed by atoms with Crippen molar-refractivity contribution in [1.29, 1.82) is 0 Å². The van der Waals surface area contributed by atoms with E-state index in [-0.39, 0.29) is 23.4 Å². The van der Waals surface area contributed by atoms with Crippen LogP contribution in [0, 0.1) is 11.7 Å². The number of rotatable bonds is 8. The van der Waals surface area contributed by atoms with Gasteiger partial charge in [-0.15, -0.1) is 0 Å². The molecule has 0 aromatic heterocycles. The Balaban J connectivity index is 1.75. The molecule has 2 rings (SSSR count). The molecule has 0 radical (unpaired) electrons. The van der Waals surface area contributed by atoms with Crippen molar-refractivity contribution in [1.82, 2.24) is 9.62 Å². The van der Waals surface area contributed by atoms with Gasteiger partial charge in [-0.05, 0) is 37.3 Å². The predicted molar refractivity (Wildman–Crippen MR) is 96.1 cm³/mol. The molecule has 7 heteroatoms. The molecular weight excluding hydrogens is 343 g/mol. The van der Waals surface area contributed by atoms with Gasteiger partial charge >= 0.3 is 0 Å². The highest BCUT2D eigenvalue weighted by molar-refractivity contribution is 7.89. The van der Waals surface area contributed by atoms with Crippen molar-refractivity contribution in [3.05, 3.63) is 35.6 Å². The van der Waals surface area contributed by atoms with Crippen LogP contribution in [0.3, 0.4) is 0 Å². The van der Waals surface area contributed by atoms with E-state index in [1.807, 2.05) is 6.92 Å². The summed E-state index contributed by atoms with van der Waals surface area (Å²) in [5.41, 5.74) is 0.583. The van der Waals surface area contributed by atoms with Gasteiger partial charge in [0.1, 0.15) is 5.82 Å². The highest BCUT2D eigenvalue weighted by Crippen LogP contribution is 2.20. The summed E-state index contributed by atoms with van der Waals surface area (Å²) in [6, 6.07) is 6.53. The first-order valence-corrected chi connectivity index (χ1v) is 10.5. The van der Waals surface area contributed by atoms with Gasteiger partial charge < -0.3 is 5.32 Å². The number of nitrogens with zero attached hydrogens (tertiary/aromatic N) is 1. The first kappa shape index (κ1) is 19.8. The number of hydrogen-bond acceptors (Lipinski definition) is 3. The van der Waals surface area contributed by atoms with Crippen molar-refractivity contribution in [2.45, 2.75) is 39.0 Å². The second-order valence-electron chi connectivity index (χ2n) is 6.48. The van der Waals surface area contributed by atoms with Crippen LogP contribution in [-0.2, 0) is 21.2 Å². The second kappa shape index (κ2) is 9.29. The lowest BCUT2D eigenvalue weighted by Gasteiger charge is -2.30. The third kappa shape index (κ3) is 5.78.